The van der Waals surface area contributed by atoms with Gasteiger partial charge in [0, 0.05) is 36.0 Å². The fraction of sp³-hybridized carbons (Fsp3) is 0.500. The molecule has 0 spiro atoms. The average molecular weight is 364 g/mol. The van der Waals surface area contributed by atoms with Gasteiger partial charge in [0.15, 0.2) is 5.82 Å². The summed E-state index contributed by atoms with van der Waals surface area (Å²) in [4.78, 5) is 24.7. The molecule has 2 heterocycles. The van der Waals surface area contributed by atoms with Crippen LogP contribution in [0.2, 0.25) is 0 Å². The van der Waals surface area contributed by atoms with E-state index in [4.69, 9.17) is 9.97 Å². The lowest BCUT2D eigenvalue weighted by Crippen LogP contribution is -2.45. The molecule has 1 aromatic heterocycles. The molecule has 1 aliphatic carbocycles. The number of aryl methyl sites for hydroxylation is 1. The third-order valence-corrected chi connectivity index (χ3v) is 5.47. The summed E-state index contributed by atoms with van der Waals surface area (Å²) in [6.45, 7) is 5.74. The van der Waals surface area contributed by atoms with Crippen molar-refractivity contribution in [2.45, 2.75) is 52.0 Å². The summed E-state index contributed by atoms with van der Waals surface area (Å²) in [7, 11) is 0. The van der Waals surface area contributed by atoms with Crippen LogP contribution in [0.25, 0.3) is 11.4 Å². The molecule has 0 saturated carbocycles. The van der Waals surface area contributed by atoms with Crippen LogP contribution in [-0.4, -0.2) is 35.0 Å². The fourth-order valence-corrected chi connectivity index (χ4v) is 4.18. The first-order valence-electron chi connectivity index (χ1n) is 10.1. The second-order valence-electron chi connectivity index (χ2n) is 7.96. The molecule has 1 unspecified atom stereocenters. The summed E-state index contributed by atoms with van der Waals surface area (Å²) in [6, 6.07) is 10.4. The molecule has 5 heteroatoms. The topological polar surface area (TPSA) is 58.1 Å². The quantitative estimate of drug-likeness (QED) is 0.904. The zero-order chi connectivity index (χ0) is 18.8. The molecular formula is C22H28N4O. The fourth-order valence-electron chi connectivity index (χ4n) is 4.18. The van der Waals surface area contributed by atoms with Crippen molar-refractivity contribution in [3.05, 3.63) is 41.6 Å². The number of carbonyl (C=O) groups excluding carboxylic acids is 1. The number of rotatable bonds is 4. The number of nitrogens with zero attached hydrogens (tertiary/aromatic N) is 3. The van der Waals surface area contributed by atoms with Crippen LogP contribution in [0.15, 0.2) is 30.3 Å². The highest BCUT2D eigenvalue weighted by Gasteiger charge is 2.30. The Morgan fingerprint density at radius 2 is 1.96 bits per heavy atom. The number of fused-ring (bicyclic) bond motifs is 1. The van der Waals surface area contributed by atoms with Gasteiger partial charge in [-0.1, -0.05) is 30.3 Å². The van der Waals surface area contributed by atoms with Crippen molar-refractivity contribution in [2.24, 2.45) is 5.92 Å². The summed E-state index contributed by atoms with van der Waals surface area (Å²) in [5.41, 5.74) is 3.53. The summed E-state index contributed by atoms with van der Waals surface area (Å²) in [5.74, 6) is 2.07. The molecule has 4 rings (SSSR count). The lowest BCUT2D eigenvalue weighted by Gasteiger charge is -2.34. The number of aromatic nitrogens is 2. The smallest absolute Gasteiger partial charge is 0.225 e. The number of piperidine rings is 1. The van der Waals surface area contributed by atoms with Gasteiger partial charge in [-0.3, -0.25) is 4.79 Å². The summed E-state index contributed by atoms with van der Waals surface area (Å²) >= 11 is 0. The Bertz CT molecular complexity index is 819. The van der Waals surface area contributed by atoms with Gasteiger partial charge in [0.25, 0.3) is 0 Å². The number of carbonyl (C=O) groups is 1. The maximum absolute atomic E-state index is 12.5. The minimum Gasteiger partial charge on any atom is -0.355 e. The summed E-state index contributed by atoms with van der Waals surface area (Å²) in [5, 5.41) is 3.08. The highest BCUT2D eigenvalue weighted by Crippen LogP contribution is 2.33. The Labute approximate surface area is 161 Å². The van der Waals surface area contributed by atoms with Gasteiger partial charge in [-0.2, -0.15) is 0 Å². The van der Waals surface area contributed by atoms with E-state index in [2.05, 4.69) is 22.3 Å². The van der Waals surface area contributed by atoms with Crippen molar-refractivity contribution < 1.29 is 4.79 Å². The first-order valence-corrected chi connectivity index (χ1v) is 10.1. The normalized spacial score (nSPS) is 19.2. The SMILES string of the molecule is CC(C)NC(=O)C1CCCN(c2nc(-c3ccccc3)nc3c2CCC3)C1. The van der Waals surface area contributed by atoms with Gasteiger partial charge < -0.3 is 10.2 Å². The number of nitrogens with one attached hydrogen (secondary N) is 1. The minimum absolute atomic E-state index is 0.0355. The van der Waals surface area contributed by atoms with Crippen LogP contribution in [0.3, 0.4) is 0 Å². The van der Waals surface area contributed by atoms with Gasteiger partial charge in [-0.15, -0.1) is 0 Å². The van der Waals surface area contributed by atoms with E-state index in [9.17, 15) is 4.79 Å². The monoisotopic (exact) mass is 364 g/mol. The zero-order valence-electron chi connectivity index (χ0n) is 16.2. The van der Waals surface area contributed by atoms with E-state index in [0.717, 1.165) is 62.4 Å². The van der Waals surface area contributed by atoms with E-state index in [1.54, 1.807) is 0 Å². The third-order valence-electron chi connectivity index (χ3n) is 5.47. The lowest BCUT2D eigenvalue weighted by atomic mass is 9.96. The second kappa shape index (κ2) is 7.67. The van der Waals surface area contributed by atoms with E-state index in [1.165, 1.54) is 11.3 Å². The molecule has 0 bridgehead atoms. The Kier molecular flexibility index (Phi) is 5.10. The number of hydrogen-bond acceptors (Lipinski definition) is 4. The van der Waals surface area contributed by atoms with Crippen LogP contribution in [-0.2, 0) is 17.6 Å². The third kappa shape index (κ3) is 3.82. The molecule has 27 heavy (non-hydrogen) atoms. The standard InChI is InChI=1S/C22H28N4O/c1-15(2)23-22(27)17-10-7-13-26(14-17)21-18-11-6-12-19(18)24-20(25-21)16-8-4-3-5-9-16/h3-5,8-9,15,17H,6-7,10-14H2,1-2H3,(H,23,27). The van der Waals surface area contributed by atoms with Crippen LogP contribution in [0.4, 0.5) is 5.82 Å². The molecule has 5 nitrogen and oxygen atoms in total. The van der Waals surface area contributed by atoms with E-state index >= 15 is 0 Å². The number of anilines is 1. The van der Waals surface area contributed by atoms with Gasteiger partial charge in [-0.25, -0.2) is 9.97 Å². The van der Waals surface area contributed by atoms with E-state index < -0.39 is 0 Å². The van der Waals surface area contributed by atoms with Gasteiger partial charge in [0.2, 0.25) is 5.91 Å². The lowest BCUT2D eigenvalue weighted by molar-refractivity contribution is -0.125. The number of amides is 1. The van der Waals surface area contributed by atoms with Crippen molar-refractivity contribution >= 4 is 11.7 Å². The van der Waals surface area contributed by atoms with Gasteiger partial charge in [-0.05, 0) is 46.0 Å². The van der Waals surface area contributed by atoms with E-state index in [-0.39, 0.29) is 17.9 Å². The van der Waals surface area contributed by atoms with Crippen LogP contribution >= 0.6 is 0 Å². The first kappa shape index (κ1) is 18.0. The van der Waals surface area contributed by atoms with Gasteiger partial charge in [0.05, 0.1) is 5.92 Å². The molecular weight excluding hydrogens is 336 g/mol. The summed E-state index contributed by atoms with van der Waals surface area (Å²) in [6.07, 6.45) is 5.18. The summed E-state index contributed by atoms with van der Waals surface area (Å²) < 4.78 is 0. The molecule has 0 radical (unpaired) electrons. The van der Waals surface area contributed by atoms with Crippen molar-refractivity contribution in [1.82, 2.24) is 15.3 Å². The van der Waals surface area contributed by atoms with Crippen LogP contribution in [0.1, 0.15) is 44.4 Å². The van der Waals surface area contributed by atoms with Crippen LogP contribution in [0.5, 0.6) is 0 Å². The Balaban J connectivity index is 1.64. The van der Waals surface area contributed by atoms with Gasteiger partial charge >= 0.3 is 0 Å². The average Bonchev–Trinajstić information content (AvgIpc) is 3.16. The highest BCUT2D eigenvalue weighted by atomic mass is 16.2. The van der Waals surface area contributed by atoms with Gasteiger partial charge in [0.1, 0.15) is 5.82 Å². The Morgan fingerprint density at radius 1 is 1.15 bits per heavy atom. The first-order chi connectivity index (χ1) is 13.1. The van der Waals surface area contributed by atoms with Crippen LogP contribution < -0.4 is 10.2 Å². The largest absolute Gasteiger partial charge is 0.355 e. The molecule has 1 amide bonds. The predicted molar refractivity (Wildman–Crippen MR) is 108 cm³/mol. The van der Waals surface area contributed by atoms with Crippen LogP contribution in [0, 0.1) is 5.92 Å². The van der Waals surface area contributed by atoms with Crippen molar-refractivity contribution in [3.8, 4) is 11.4 Å². The molecule has 1 aliphatic heterocycles. The molecule has 1 saturated heterocycles. The molecule has 1 atom stereocenters. The molecule has 1 fully saturated rings. The Hall–Kier alpha value is -2.43. The molecule has 1 aromatic carbocycles. The zero-order valence-corrected chi connectivity index (χ0v) is 16.2. The molecule has 142 valence electrons. The highest BCUT2D eigenvalue weighted by molar-refractivity contribution is 5.80. The van der Waals surface area contributed by atoms with E-state index in [0.29, 0.717) is 0 Å². The maximum atomic E-state index is 12.5. The minimum atomic E-state index is 0.0355. The molecule has 2 aromatic rings. The molecule has 2 aliphatic rings. The molecule has 1 N–H and O–H groups in total. The van der Waals surface area contributed by atoms with Crippen molar-refractivity contribution in [2.75, 3.05) is 18.0 Å². The van der Waals surface area contributed by atoms with Crippen molar-refractivity contribution in [1.29, 1.82) is 0 Å². The number of benzene rings is 1. The predicted octanol–water partition coefficient (Wildman–Crippen LogP) is 3.37. The number of hydrogen-bond donors (Lipinski definition) is 1. The van der Waals surface area contributed by atoms with E-state index in [1.807, 2.05) is 32.0 Å². The Morgan fingerprint density at radius 3 is 2.74 bits per heavy atom. The second-order valence-corrected chi connectivity index (χ2v) is 7.96. The van der Waals surface area contributed by atoms with Crippen molar-refractivity contribution in [3.63, 3.8) is 0 Å². The maximum Gasteiger partial charge on any atom is 0.225 e.